The highest BCUT2D eigenvalue weighted by molar-refractivity contribution is 5.81. The van der Waals surface area contributed by atoms with E-state index >= 15 is 0 Å². The monoisotopic (exact) mass is 481 g/mol. The van der Waals surface area contributed by atoms with Gasteiger partial charge in [-0.3, -0.25) is 4.79 Å². The lowest BCUT2D eigenvalue weighted by Gasteiger charge is -2.16. The molecule has 1 aromatic heterocycles. The molecule has 1 aromatic carbocycles. The van der Waals surface area contributed by atoms with Gasteiger partial charge in [0.15, 0.2) is 0 Å². The van der Waals surface area contributed by atoms with Gasteiger partial charge in [0.1, 0.15) is 5.82 Å². The molecule has 35 heavy (non-hydrogen) atoms. The Morgan fingerprint density at radius 3 is 1.91 bits per heavy atom. The third-order valence-electron chi connectivity index (χ3n) is 7.61. The third kappa shape index (κ3) is 9.97. The van der Waals surface area contributed by atoms with E-state index < -0.39 is 0 Å². The Morgan fingerprint density at radius 2 is 1.37 bits per heavy atom. The fourth-order valence-corrected chi connectivity index (χ4v) is 5.22. The van der Waals surface area contributed by atoms with Crippen molar-refractivity contribution >= 4 is 16.9 Å². The predicted molar refractivity (Wildman–Crippen MR) is 149 cm³/mol. The smallest absolute Gasteiger partial charge is 0.223 e. The van der Waals surface area contributed by atoms with Crippen molar-refractivity contribution in [2.24, 2.45) is 5.92 Å². The van der Waals surface area contributed by atoms with Crippen LogP contribution in [0.2, 0.25) is 0 Å². The fourth-order valence-electron chi connectivity index (χ4n) is 5.22. The van der Waals surface area contributed by atoms with Crippen molar-refractivity contribution in [2.75, 3.05) is 0 Å². The molecule has 196 valence electrons. The summed E-state index contributed by atoms with van der Waals surface area (Å²) in [6.45, 7) is 5.35. The predicted octanol–water partition coefficient (Wildman–Crippen LogP) is 8.89. The minimum absolute atomic E-state index is 0.0449. The molecule has 1 saturated carbocycles. The number of aryl methyl sites for hydroxylation is 1. The number of aromatic nitrogens is 2. The summed E-state index contributed by atoms with van der Waals surface area (Å²) in [6, 6.07) is 8.33. The zero-order valence-corrected chi connectivity index (χ0v) is 22.7. The Balaban J connectivity index is 1.26. The van der Waals surface area contributed by atoms with E-state index in [4.69, 9.17) is 4.98 Å². The number of hydrogen-bond acceptors (Lipinski definition) is 2. The number of imidazole rings is 1. The lowest BCUT2D eigenvalue weighted by atomic mass is 10.0. The van der Waals surface area contributed by atoms with Crippen LogP contribution < -0.4 is 5.32 Å². The second-order valence-electron chi connectivity index (χ2n) is 10.9. The summed E-state index contributed by atoms with van der Waals surface area (Å²) in [7, 11) is 0. The topological polar surface area (TPSA) is 46.9 Å². The molecule has 0 saturated heterocycles. The van der Waals surface area contributed by atoms with E-state index in [9.17, 15) is 4.79 Å². The largest absolute Gasteiger partial charge is 0.346 e. The van der Waals surface area contributed by atoms with E-state index in [-0.39, 0.29) is 17.9 Å². The lowest BCUT2D eigenvalue weighted by Crippen LogP contribution is -2.29. The summed E-state index contributed by atoms with van der Waals surface area (Å²) in [5.74, 6) is 1.43. The third-order valence-corrected chi connectivity index (χ3v) is 7.61. The standard InChI is InChI=1S/C31H51N3O/c1-3-4-5-6-7-8-9-10-11-12-13-14-15-16-17-20-25-34-29-22-19-18-21-28(29)33-30(34)26(2)32-31(35)27-23-24-27/h18-19,21-22,26-27H,3-17,20,23-25H2,1-2H3,(H,32,35). The molecule has 4 nitrogen and oxygen atoms in total. The molecule has 1 amide bonds. The number of nitrogens with one attached hydrogen (secondary N) is 1. The van der Waals surface area contributed by atoms with Crippen molar-refractivity contribution in [2.45, 2.75) is 142 Å². The molecule has 4 heteroatoms. The Bertz CT molecular complexity index is 854. The number of rotatable bonds is 20. The minimum atomic E-state index is -0.0449. The van der Waals surface area contributed by atoms with Crippen molar-refractivity contribution in [1.29, 1.82) is 0 Å². The van der Waals surface area contributed by atoms with Crippen LogP contribution >= 0.6 is 0 Å². The molecule has 1 aliphatic carbocycles. The van der Waals surface area contributed by atoms with E-state index in [1.165, 1.54) is 108 Å². The number of hydrogen-bond donors (Lipinski definition) is 1. The lowest BCUT2D eigenvalue weighted by molar-refractivity contribution is -0.123. The SMILES string of the molecule is CCCCCCCCCCCCCCCCCCn1c(C(C)NC(=O)C2CC2)nc2ccccc21. The van der Waals surface area contributed by atoms with Crippen molar-refractivity contribution < 1.29 is 4.79 Å². The minimum Gasteiger partial charge on any atom is -0.346 e. The first-order chi connectivity index (χ1) is 17.2. The molecule has 2 aromatic rings. The van der Waals surface area contributed by atoms with Crippen LogP contribution in [0.3, 0.4) is 0 Å². The van der Waals surface area contributed by atoms with E-state index in [1.807, 2.05) is 6.07 Å². The van der Waals surface area contributed by atoms with Gasteiger partial charge in [0.25, 0.3) is 0 Å². The molecule has 0 bridgehead atoms. The fraction of sp³-hybridized carbons (Fsp3) is 0.742. The van der Waals surface area contributed by atoms with Crippen LogP contribution in [-0.4, -0.2) is 15.5 Å². The molecule has 1 unspecified atom stereocenters. The van der Waals surface area contributed by atoms with Gasteiger partial charge >= 0.3 is 0 Å². The van der Waals surface area contributed by atoms with Crippen molar-refractivity contribution in [3.63, 3.8) is 0 Å². The van der Waals surface area contributed by atoms with Gasteiger partial charge in [-0.15, -0.1) is 0 Å². The molecule has 1 aliphatic rings. The van der Waals surface area contributed by atoms with Gasteiger partial charge in [-0.2, -0.15) is 0 Å². The maximum Gasteiger partial charge on any atom is 0.223 e. The quantitative estimate of drug-likeness (QED) is 0.192. The molecule has 1 heterocycles. The van der Waals surface area contributed by atoms with Gasteiger partial charge in [-0.05, 0) is 38.3 Å². The first-order valence-electron chi connectivity index (χ1n) is 15.0. The number of fused-ring (bicyclic) bond motifs is 1. The highest BCUT2D eigenvalue weighted by atomic mass is 16.2. The molecular formula is C31H51N3O. The molecular weight excluding hydrogens is 430 g/mol. The number of amides is 1. The second kappa shape index (κ2) is 16.0. The molecule has 0 radical (unpaired) electrons. The average molecular weight is 482 g/mol. The Morgan fingerprint density at radius 1 is 0.857 bits per heavy atom. The van der Waals surface area contributed by atoms with Gasteiger partial charge in [0.05, 0.1) is 17.1 Å². The van der Waals surface area contributed by atoms with Gasteiger partial charge < -0.3 is 9.88 Å². The molecule has 1 fully saturated rings. The second-order valence-corrected chi connectivity index (χ2v) is 10.9. The van der Waals surface area contributed by atoms with Crippen molar-refractivity contribution in [3.05, 3.63) is 30.1 Å². The van der Waals surface area contributed by atoms with Crippen LogP contribution in [0.4, 0.5) is 0 Å². The van der Waals surface area contributed by atoms with Gasteiger partial charge in [0.2, 0.25) is 5.91 Å². The molecule has 1 atom stereocenters. The average Bonchev–Trinajstić information content (AvgIpc) is 3.65. The van der Waals surface area contributed by atoms with Crippen molar-refractivity contribution in [3.8, 4) is 0 Å². The van der Waals surface area contributed by atoms with Gasteiger partial charge in [-0.1, -0.05) is 115 Å². The van der Waals surface area contributed by atoms with Gasteiger partial charge in [-0.25, -0.2) is 4.98 Å². The highest BCUT2D eigenvalue weighted by Gasteiger charge is 2.31. The van der Waals surface area contributed by atoms with Gasteiger partial charge in [0, 0.05) is 12.5 Å². The molecule has 1 N–H and O–H groups in total. The summed E-state index contributed by atoms with van der Waals surface area (Å²) in [5, 5.41) is 3.19. The Labute approximate surface area is 214 Å². The number of para-hydroxylation sites is 2. The first-order valence-corrected chi connectivity index (χ1v) is 15.0. The number of unbranched alkanes of at least 4 members (excludes halogenated alkanes) is 15. The molecule has 0 spiro atoms. The van der Waals surface area contributed by atoms with Crippen LogP contribution in [0.1, 0.15) is 141 Å². The van der Waals surface area contributed by atoms with E-state index in [1.54, 1.807) is 0 Å². The summed E-state index contributed by atoms with van der Waals surface area (Å²) in [4.78, 5) is 17.2. The number of carbonyl (C=O) groups excluding carboxylic acids is 1. The van der Waals surface area contributed by atoms with Crippen LogP contribution in [0.25, 0.3) is 11.0 Å². The maximum atomic E-state index is 12.3. The summed E-state index contributed by atoms with van der Waals surface area (Å²) < 4.78 is 2.34. The highest BCUT2D eigenvalue weighted by Crippen LogP contribution is 2.30. The Kier molecular flexibility index (Phi) is 12.7. The summed E-state index contributed by atoms with van der Waals surface area (Å²) in [5.41, 5.74) is 2.22. The van der Waals surface area contributed by atoms with E-state index in [0.717, 1.165) is 30.7 Å². The van der Waals surface area contributed by atoms with Crippen LogP contribution in [0.15, 0.2) is 24.3 Å². The molecule has 3 rings (SSSR count). The summed E-state index contributed by atoms with van der Waals surface area (Å²) >= 11 is 0. The van der Waals surface area contributed by atoms with Crippen LogP contribution in [-0.2, 0) is 11.3 Å². The number of carbonyl (C=O) groups is 1. The van der Waals surface area contributed by atoms with Crippen molar-refractivity contribution in [1.82, 2.24) is 14.9 Å². The van der Waals surface area contributed by atoms with E-state index in [0.29, 0.717) is 0 Å². The first kappa shape index (κ1) is 27.7. The number of nitrogens with zero attached hydrogens (tertiary/aromatic N) is 2. The zero-order chi connectivity index (χ0) is 24.7. The maximum absolute atomic E-state index is 12.3. The summed E-state index contributed by atoms with van der Waals surface area (Å²) in [6.07, 6.45) is 24.3. The Hall–Kier alpha value is -1.84. The van der Waals surface area contributed by atoms with E-state index in [2.05, 4.69) is 41.9 Å². The molecule has 0 aliphatic heterocycles. The van der Waals surface area contributed by atoms with Crippen LogP contribution in [0.5, 0.6) is 0 Å². The van der Waals surface area contributed by atoms with Crippen LogP contribution in [0, 0.1) is 5.92 Å². The normalized spacial score (nSPS) is 14.5. The zero-order valence-electron chi connectivity index (χ0n) is 22.7. The number of benzene rings is 1.